The van der Waals surface area contributed by atoms with Crippen molar-refractivity contribution >= 4 is 5.91 Å². The highest BCUT2D eigenvalue weighted by molar-refractivity contribution is 5.76. The first-order valence-corrected chi connectivity index (χ1v) is 24.7. The molecule has 346 valence electrons. The summed E-state index contributed by atoms with van der Waals surface area (Å²) in [5.41, 5.74) is 0. The zero-order chi connectivity index (χ0) is 43.0. The number of allylic oxidation sites excluding steroid dienone is 5. The summed E-state index contributed by atoms with van der Waals surface area (Å²) >= 11 is 0. The molecule has 9 nitrogen and oxygen atoms in total. The summed E-state index contributed by atoms with van der Waals surface area (Å²) in [7, 11) is 0. The number of carbonyl (C=O) groups excluding carboxylic acids is 1. The van der Waals surface area contributed by atoms with E-state index in [1.54, 1.807) is 6.08 Å². The van der Waals surface area contributed by atoms with E-state index in [2.05, 4.69) is 43.5 Å². The third-order valence-corrected chi connectivity index (χ3v) is 11.7. The number of nitrogens with one attached hydrogen (secondary N) is 1. The van der Waals surface area contributed by atoms with Gasteiger partial charge in [0.05, 0.1) is 25.4 Å². The third kappa shape index (κ3) is 31.0. The quantitative estimate of drug-likeness (QED) is 0.0263. The fraction of sp³-hybridized carbons (Fsp3) is 0.860. The Kier molecular flexibility index (Phi) is 38.0. The van der Waals surface area contributed by atoms with Crippen LogP contribution in [0.4, 0.5) is 0 Å². The summed E-state index contributed by atoms with van der Waals surface area (Å²) in [4.78, 5) is 12.9. The van der Waals surface area contributed by atoms with E-state index in [-0.39, 0.29) is 12.5 Å². The van der Waals surface area contributed by atoms with E-state index in [4.69, 9.17) is 9.47 Å². The Labute approximate surface area is 361 Å². The van der Waals surface area contributed by atoms with Crippen LogP contribution in [0.1, 0.15) is 219 Å². The van der Waals surface area contributed by atoms with Crippen molar-refractivity contribution < 1.29 is 39.8 Å². The second-order valence-electron chi connectivity index (χ2n) is 17.3. The van der Waals surface area contributed by atoms with E-state index in [9.17, 15) is 30.3 Å². The molecule has 59 heavy (non-hydrogen) atoms. The van der Waals surface area contributed by atoms with Crippen molar-refractivity contribution in [2.24, 2.45) is 0 Å². The largest absolute Gasteiger partial charge is 0.394 e. The predicted octanol–water partition coefficient (Wildman–Crippen LogP) is 10.8. The van der Waals surface area contributed by atoms with Crippen LogP contribution in [0.5, 0.6) is 0 Å². The van der Waals surface area contributed by atoms with Crippen molar-refractivity contribution in [3.05, 3.63) is 36.5 Å². The molecule has 9 heteroatoms. The lowest BCUT2D eigenvalue weighted by Gasteiger charge is -2.40. The molecule has 6 N–H and O–H groups in total. The average molecular weight is 836 g/mol. The second-order valence-corrected chi connectivity index (χ2v) is 17.3. The highest BCUT2D eigenvalue weighted by atomic mass is 16.7. The number of hydrogen-bond acceptors (Lipinski definition) is 8. The van der Waals surface area contributed by atoms with Crippen LogP contribution in [0.25, 0.3) is 0 Å². The lowest BCUT2D eigenvalue weighted by molar-refractivity contribution is -0.302. The number of hydrogen-bond donors (Lipinski definition) is 6. The van der Waals surface area contributed by atoms with Crippen molar-refractivity contribution in [3.63, 3.8) is 0 Å². The minimum absolute atomic E-state index is 0.180. The Hall–Kier alpha value is -1.59. The lowest BCUT2D eigenvalue weighted by Crippen LogP contribution is -2.60. The molecule has 1 aliphatic rings. The Bertz CT molecular complexity index is 1020. The molecular weight excluding hydrogens is 743 g/mol. The molecule has 1 rings (SSSR count). The molecule has 0 aromatic rings. The summed E-state index contributed by atoms with van der Waals surface area (Å²) in [6.07, 6.45) is 43.8. The fourth-order valence-corrected chi connectivity index (χ4v) is 7.72. The maximum Gasteiger partial charge on any atom is 0.220 e. The van der Waals surface area contributed by atoms with Gasteiger partial charge in [0, 0.05) is 6.42 Å². The van der Waals surface area contributed by atoms with E-state index in [0.29, 0.717) is 6.42 Å². The number of unbranched alkanes of at least 4 members (excludes halogenated alkanes) is 27. The molecule has 0 aromatic carbocycles. The zero-order valence-corrected chi connectivity index (χ0v) is 38.0. The smallest absolute Gasteiger partial charge is 0.220 e. The lowest BCUT2D eigenvalue weighted by atomic mass is 9.99. The standard InChI is InChI=1S/C50H93NO8/c1-3-5-7-9-11-12-13-14-15-16-17-18-19-20-21-22-23-24-25-26-27-28-29-30-31-32-34-36-38-40-46(54)51-43(44(53)39-37-35-33-10-8-6-4-2)42-58-50-49(57)48(56)47(55)45(41-52)59-50/h13-14,16-17,37,39,43-45,47-50,52-53,55-57H,3-12,15,18-36,38,40-42H2,1-2H3,(H,51,54)/b14-13-,17-16-,39-37+. The minimum Gasteiger partial charge on any atom is -0.394 e. The molecule has 1 aliphatic heterocycles. The van der Waals surface area contributed by atoms with Crippen LogP contribution >= 0.6 is 0 Å². The summed E-state index contributed by atoms with van der Waals surface area (Å²) < 4.78 is 11.2. The summed E-state index contributed by atoms with van der Waals surface area (Å²) in [5, 5.41) is 53.9. The van der Waals surface area contributed by atoms with Crippen molar-refractivity contribution in [1.29, 1.82) is 0 Å². The number of ether oxygens (including phenoxy) is 2. The van der Waals surface area contributed by atoms with Gasteiger partial charge in [0.2, 0.25) is 5.91 Å². The van der Waals surface area contributed by atoms with Crippen LogP contribution < -0.4 is 5.32 Å². The Morgan fingerprint density at radius 2 is 1.00 bits per heavy atom. The van der Waals surface area contributed by atoms with Gasteiger partial charge in [-0.15, -0.1) is 0 Å². The summed E-state index contributed by atoms with van der Waals surface area (Å²) in [6.45, 7) is 3.70. The van der Waals surface area contributed by atoms with E-state index in [1.165, 1.54) is 154 Å². The van der Waals surface area contributed by atoms with E-state index >= 15 is 0 Å². The van der Waals surface area contributed by atoms with Crippen molar-refractivity contribution in [1.82, 2.24) is 5.32 Å². The van der Waals surface area contributed by atoms with Gasteiger partial charge < -0.3 is 40.3 Å². The SMILES string of the molecule is CCCCCCC/C=C\C/C=C\CCCCCCCCCCCCCCCCCCCC(=O)NC(COC1OC(CO)C(O)C(O)C1O)C(O)/C=C/CCCCCCC. The Morgan fingerprint density at radius 3 is 1.46 bits per heavy atom. The molecule has 0 radical (unpaired) electrons. The normalized spacial score (nSPS) is 21.0. The molecule has 1 saturated heterocycles. The van der Waals surface area contributed by atoms with Gasteiger partial charge in [0.1, 0.15) is 24.4 Å². The first-order chi connectivity index (χ1) is 28.8. The molecule has 0 bridgehead atoms. The molecule has 7 unspecified atom stereocenters. The van der Waals surface area contributed by atoms with Gasteiger partial charge in [-0.1, -0.05) is 198 Å². The molecule has 1 fully saturated rings. The van der Waals surface area contributed by atoms with Crippen molar-refractivity contribution in [3.8, 4) is 0 Å². The zero-order valence-electron chi connectivity index (χ0n) is 38.0. The number of aliphatic hydroxyl groups is 5. The molecule has 1 amide bonds. The monoisotopic (exact) mass is 836 g/mol. The second kappa shape index (κ2) is 40.5. The van der Waals surface area contributed by atoms with Gasteiger partial charge in [-0.3, -0.25) is 4.79 Å². The molecule has 7 atom stereocenters. The average Bonchev–Trinajstić information content (AvgIpc) is 3.23. The summed E-state index contributed by atoms with van der Waals surface area (Å²) in [5.74, 6) is -0.180. The van der Waals surface area contributed by atoms with Gasteiger partial charge in [0.15, 0.2) is 6.29 Å². The van der Waals surface area contributed by atoms with Gasteiger partial charge >= 0.3 is 0 Å². The van der Waals surface area contributed by atoms with Crippen molar-refractivity contribution in [2.45, 2.75) is 262 Å². The highest BCUT2D eigenvalue weighted by Crippen LogP contribution is 2.23. The topological polar surface area (TPSA) is 149 Å². The molecule has 1 heterocycles. The highest BCUT2D eigenvalue weighted by Gasteiger charge is 2.44. The van der Waals surface area contributed by atoms with Crippen LogP contribution in [0, 0.1) is 0 Å². The minimum atomic E-state index is -1.56. The first kappa shape index (κ1) is 55.4. The number of carbonyl (C=O) groups is 1. The molecule has 0 spiro atoms. The fourth-order valence-electron chi connectivity index (χ4n) is 7.72. The van der Waals surface area contributed by atoms with Crippen LogP contribution in [-0.4, -0.2) is 87.5 Å². The predicted molar refractivity (Wildman–Crippen MR) is 244 cm³/mol. The van der Waals surface area contributed by atoms with Crippen LogP contribution in [0.2, 0.25) is 0 Å². The number of rotatable bonds is 41. The van der Waals surface area contributed by atoms with Gasteiger partial charge in [0.25, 0.3) is 0 Å². The van der Waals surface area contributed by atoms with E-state index in [1.807, 2.05) is 6.08 Å². The van der Waals surface area contributed by atoms with Crippen LogP contribution in [0.3, 0.4) is 0 Å². The maximum atomic E-state index is 12.9. The molecule has 0 aliphatic carbocycles. The van der Waals surface area contributed by atoms with E-state index < -0.39 is 49.5 Å². The third-order valence-electron chi connectivity index (χ3n) is 11.7. The number of amides is 1. The van der Waals surface area contributed by atoms with Gasteiger partial charge in [-0.2, -0.15) is 0 Å². The van der Waals surface area contributed by atoms with E-state index in [0.717, 1.165) is 44.9 Å². The Morgan fingerprint density at radius 1 is 0.576 bits per heavy atom. The van der Waals surface area contributed by atoms with Crippen LogP contribution in [0.15, 0.2) is 36.5 Å². The van der Waals surface area contributed by atoms with Gasteiger partial charge in [-0.25, -0.2) is 0 Å². The van der Waals surface area contributed by atoms with Crippen molar-refractivity contribution in [2.75, 3.05) is 13.2 Å². The van der Waals surface area contributed by atoms with Crippen LogP contribution in [-0.2, 0) is 14.3 Å². The molecule has 0 saturated carbocycles. The first-order valence-electron chi connectivity index (χ1n) is 24.7. The Balaban J connectivity index is 2.10. The summed E-state index contributed by atoms with van der Waals surface area (Å²) in [6, 6.07) is -0.800. The molecular formula is C50H93NO8. The molecule has 0 aromatic heterocycles. The number of aliphatic hydroxyl groups excluding tert-OH is 5. The van der Waals surface area contributed by atoms with Gasteiger partial charge in [-0.05, 0) is 51.4 Å². The maximum absolute atomic E-state index is 12.9.